The van der Waals surface area contributed by atoms with Crippen LogP contribution in [-0.4, -0.2) is 17.0 Å². The first-order valence-corrected chi connectivity index (χ1v) is 9.82. The van der Waals surface area contributed by atoms with Crippen LogP contribution in [0.15, 0.2) is 11.6 Å². The second kappa shape index (κ2) is 5.18. The van der Waals surface area contributed by atoms with Crippen molar-refractivity contribution in [2.24, 2.45) is 34.5 Å². The van der Waals surface area contributed by atoms with Crippen molar-refractivity contribution in [3.63, 3.8) is 0 Å². The molecule has 2 heteroatoms. The highest BCUT2D eigenvalue weighted by molar-refractivity contribution is 5.91. The second-order valence-electron chi connectivity index (χ2n) is 9.35. The number of allylic oxidation sites excluding steroid dienone is 1. The summed E-state index contributed by atoms with van der Waals surface area (Å²) in [6, 6.07) is 0. The summed E-state index contributed by atoms with van der Waals surface area (Å²) in [5.74, 6) is 3.23. The molecule has 0 spiro atoms. The highest BCUT2D eigenvalue weighted by atomic mass is 16.3. The Hall–Kier alpha value is -0.630. The van der Waals surface area contributed by atoms with E-state index >= 15 is 0 Å². The van der Waals surface area contributed by atoms with Gasteiger partial charge in [-0.2, -0.15) is 0 Å². The van der Waals surface area contributed by atoms with Crippen LogP contribution < -0.4 is 0 Å². The van der Waals surface area contributed by atoms with Crippen molar-refractivity contribution < 1.29 is 9.90 Å². The van der Waals surface area contributed by atoms with Gasteiger partial charge >= 0.3 is 0 Å². The average molecular weight is 316 g/mol. The van der Waals surface area contributed by atoms with Gasteiger partial charge in [-0.15, -0.1) is 0 Å². The number of hydrogen-bond acceptors (Lipinski definition) is 2. The Morgan fingerprint density at radius 3 is 2.70 bits per heavy atom. The van der Waals surface area contributed by atoms with Gasteiger partial charge in [0.1, 0.15) is 0 Å². The molecule has 0 aromatic carbocycles. The van der Waals surface area contributed by atoms with E-state index in [1.54, 1.807) is 0 Å². The molecule has 0 heterocycles. The minimum atomic E-state index is -0.0939. The third-order valence-corrected chi connectivity index (χ3v) is 8.61. The summed E-state index contributed by atoms with van der Waals surface area (Å²) in [7, 11) is 0. The number of rotatable bonds is 1. The molecule has 0 aromatic heterocycles. The molecule has 4 aliphatic rings. The summed E-state index contributed by atoms with van der Waals surface area (Å²) in [6.45, 7) is 7.13. The smallest absolute Gasteiger partial charge is 0.155 e. The first kappa shape index (κ1) is 15.9. The number of ketones is 1. The van der Waals surface area contributed by atoms with Gasteiger partial charge in [-0.05, 0) is 79.1 Å². The van der Waals surface area contributed by atoms with Gasteiger partial charge in [0.2, 0.25) is 0 Å². The third kappa shape index (κ3) is 2.06. The van der Waals surface area contributed by atoms with Crippen LogP contribution >= 0.6 is 0 Å². The predicted octanol–water partition coefficient (Wildman–Crippen LogP) is 4.52. The zero-order chi connectivity index (χ0) is 16.4. The lowest BCUT2D eigenvalue weighted by atomic mass is 9.44. The Kier molecular flexibility index (Phi) is 3.58. The van der Waals surface area contributed by atoms with Crippen LogP contribution in [0.5, 0.6) is 0 Å². The highest BCUT2D eigenvalue weighted by Crippen LogP contribution is 2.66. The average Bonchev–Trinajstić information content (AvgIpc) is 2.83. The fraction of sp³-hybridized carbons (Fsp3) is 0.857. The Labute approximate surface area is 140 Å². The largest absolute Gasteiger partial charge is 0.393 e. The fourth-order valence-corrected chi connectivity index (χ4v) is 7.09. The van der Waals surface area contributed by atoms with Crippen LogP contribution in [0.3, 0.4) is 0 Å². The molecule has 7 atom stereocenters. The number of carbonyl (C=O) groups is 1. The molecule has 0 aromatic rings. The van der Waals surface area contributed by atoms with Gasteiger partial charge in [0.05, 0.1) is 6.10 Å². The number of fused-ring (bicyclic) bond motifs is 5. The van der Waals surface area contributed by atoms with Crippen molar-refractivity contribution in [3.8, 4) is 0 Å². The van der Waals surface area contributed by atoms with Crippen molar-refractivity contribution in [2.75, 3.05) is 0 Å². The molecule has 3 fully saturated rings. The maximum atomic E-state index is 12.0. The lowest BCUT2D eigenvalue weighted by Gasteiger charge is -2.60. The van der Waals surface area contributed by atoms with Crippen LogP contribution in [0.4, 0.5) is 0 Å². The van der Waals surface area contributed by atoms with Crippen molar-refractivity contribution in [1.29, 1.82) is 0 Å². The molecule has 1 N–H and O–H groups in total. The Bertz CT molecular complexity index is 550. The monoisotopic (exact) mass is 316 g/mol. The van der Waals surface area contributed by atoms with Gasteiger partial charge in [0.15, 0.2) is 5.78 Å². The number of aliphatic hydroxyl groups excluding tert-OH is 1. The van der Waals surface area contributed by atoms with Crippen LogP contribution in [0.1, 0.15) is 72.1 Å². The number of carbonyl (C=O) groups excluding carboxylic acids is 1. The summed E-state index contributed by atoms with van der Waals surface area (Å²) in [6.07, 6.45) is 10.7. The molecule has 4 rings (SSSR count). The normalized spacial score (nSPS) is 52.4. The van der Waals surface area contributed by atoms with E-state index < -0.39 is 0 Å². The van der Waals surface area contributed by atoms with Crippen molar-refractivity contribution in [3.05, 3.63) is 11.6 Å². The molecule has 0 amide bonds. The molecule has 4 aliphatic carbocycles. The molecule has 0 bridgehead atoms. The Morgan fingerprint density at radius 1 is 1.17 bits per heavy atom. The molecule has 3 saturated carbocycles. The van der Waals surface area contributed by atoms with Gasteiger partial charge in [-0.3, -0.25) is 4.79 Å². The maximum absolute atomic E-state index is 12.0. The van der Waals surface area contributed by atoms with Crippen molar-refractivity contribution in [1.82, 2.24) is 0 Å². The molecule has 128 valence electrons. The third-order valence-electron chi connectivity index (χ3n) is 8.61. The van der Waals surface area contributed by atoms with Gasteiger partial charge in [0.25, 0.3) is 0 Å². The van der Waals surface area contributed by atoms with E-state index in [9.17, 15) is 9.90 Å². The van der Waals surface area contributed by atoms with E-state index in [1.807, 2.05) is 6.08 Å². The highest BCUT2D eigenvalue weighted by Gasteiger charge is 2.60. The summed E-state index contributed by atoms with van der Waals surface area (Å²) in [5.41, 5.74) is 1.86. The van der Waals surface area contributed by atoms with E-state index in [-0.39, 0.29) is 16.9 Å². The summed E-state index contributed by atoms with van der Waals surface area (Å²) in [5, 5.41) is 10.6. The molecule has 23 heavy (non-hydrogen) atoms. The van der Waals surface area contributed by atoms with Crippen LogP contribution in [-0.2, 0) is 4.79 Å². The topological polar surface area (TPSA) is 37.3 Å². The van der Waals surface area contributed by atoms with Gasteiger partial charge in [-0.1, -0.05) is 32.8 Å². The fourth-order valence-electron chi connectivity index (χ4n) is 7.09. The van der Waals surface area contributed by atoms with Crippen LogP contribution in [0.2, 0.25) is 0 Å². The molecule has 0 radical (unpaired) electrons. The lowest BCUT2D eigenvalue weighted by molar-refractivity contribution is -0.120. The molecule has 7 unspecified atom stereocenters. The first-order chi connectivity index (χ1) is 10.9. The van der Waals surface area contributed by atoms with E-state index in [0.29, 0.717) is 17.6 Å². The number of aliphatic hydroxyl groups is 1. The molecular weight excluding hydrogens is 284 g/mol. The Balaban J connectivity index is 1.75. The standard InChI is InChI=1S/C21H32O2/c1-4-13-11-14-12-15(22)7-9-20(14,2)17-8-10-21(3)16(19(13)17)5-6-18(21)23/h12-13,16-19,23H,4-11H2,1-3H3. The second-order valence-corrected chi connectivity index (χ2v) is 9.35. The van der Waals surface area contributed by atoms with E-state index in [0.717, 1.165) is 37.5 Å². The zero-order valence-electron chi connectivity index (χ0n) is 15.0. The molecule has 0 aliphatic heterocycles. The SMILES string of the molecule is CCC1CC2=CC(=O)CCC2(C)C2CCC3(C)C(O)CCC3C12. The summed E-state index contributed by atoms with van der Waals surface area (Å²) in [4.78, 5) is 12.0. The maximum Gasteiger partial charge on any atom is 0.155 e. The minimum Gasteiger partial charge on any atom is -0.393 e. The predicted molar refractivity (Wildman–Crippen MR) is 91.9 cm³/mol. The van der Waals surface area contributed by atoms with Crippen LogP contribution in [0.25, 0.3) is 0 Å². The van der Waals surface area contributed by atoms with E-state index in [2.05, 4.69) is 20.8 Å². The molecule has 0 saturated heterocycles. The molecular formula is C21H32O2. The molecule has 2 nitrogen and oxygen atoms in total. The lowest BCUT2D eigenvalue weighted by Crippen LogP contribution is -2.54. The van der Waals surface area contributed by atoms with Gasteiger partial charge in [0, 0.05) is 6.42 Å². The van der Waals surface area contributed by atoms with E-state index in [1.165, 1.54) is 31.3 Å². The van der Waals surface area contributed by atoms with E-state index in [4.69, 9.17) is 0 Å². The number of hydrogen-bond donors (Lipinski definition) is 1. The van der Waals surface area contributed by atoms with Crippen molar-refractivity contribution in [2.45, 2.75) is 78.2 Å². The quantitative estimate of drug-likeness (QED) is 0.772. The zero-order valence-corrected chi connectivity index (χ0v) is 15.0. The van der Waals surface area contributed by atoms with Crippen molar-refractivity contribution >= 4 is 5.78 Å². The first-order valence-electron chi connectivity index (χ1n) is 9.82. The Morgan fingerprint density at radius 2 is 1.96 bits per heavy atom. The van der Waals surface area contributed by atoms with Gasteiger partial charge in [-0.25, -0.2) is 0 Å². The minimum absolute atomic E-state index is 0.0939. The van der Waals surface area contributed by atoms with Gasteiger partial charge < -0.3 is 5.11 Å². The van der Waals surface area contributed by atoms with Crippen LogP contribution in [0, 0.1) is 34.5 Å². The summed E-state index contributed by atoms with van der Waals surface area (Å²) >= 11 is 0. The summed E-state index contributed by atoms with van der Waals surface area (Å²) < 4.78 is 0.